The summed E-state index contributed by atoms with van der Waals surface area (Å²) < 4.78 is 30.1. The second-order valence-corrected chi connectivity index (χ2v) is 9.37. The first-order valence-corrected chi connectivity index (χ1v) is 11.8. The molecule has 4 rings (SSSR count). The number of hydrogen-bond acceptors (Lipinski definition) is 8. The third-order valence-electron chi connectivity index (χ3n) is 4.33. The first kappa shape index (κ1) is 20.2. The third kappa shape index (κ3) is 4.90. The Hall–Kier alpha value is -3.08. The number of benzene rings is 2. The second-order valence-electron chi connectivity index (χ2n) is 6.68. The predicted octanol–water partition coefficient (Wildman–Crippen LogP) is 3.20. The zero-order valence-electron chi connectivity index (χ0n) is 16.1. The van der Waals surface area contributed by atoms with Gasteiger partial charge in [0.15, 0.2) is 0 Å². The van der Waals surface area contributed by atoms with Gasteiger partial charge in [-0.25, -0.2) is 18.1 Å². The fraction of sp³-hybridized carbons (Fsp3) is 0.150. The predicted molar refractivity (Wildman–Crippen MR) is 117 cm³/mol. The van der Waals surface area contributed by atoms with E-state index in [0.717, 1.165) is 39.2 Å². The molecule has 2 aromatic heterocycles. The molecule has 0 saturated heterocycles. The van der Waals surface area contributed by atoms with E-state index in [4.69, 9.17) is 15.1 Å². The summed E-state index contributed by atoms with van der Waals surface area (Å²) in [5, 5.41) is 10.5. The molecule has 0 amide bonds. The lowest BCUT2D eigenvalue weighted by Crippen LogP contribution is -2.24. The molecule has 0 aliphatic carbocycles. The first-order valence-electron chi connectivity index (χ1n) is 9.07. The minimum atomic E-state index is -3.17. The molecule has 0 unspecified atom stereocenters. The minimum Gasteiger partial charge on any atom is -0.404 e. The van der Waals surface area contributed by atoms with Gasteiger partial charge in [0, 0.05) is 28.6 Å². The molecule has 30 heavy (non-hydrogen) atoms. The van der Waals surface area contributed by atoms with Gasteiger partial charge in [0.25, 0.3) is 0 Å². The first-order chi connectivity index (χ1) is 14.4. The Kier molecular flexibility index (Phi) is 5.62. The van der Waals surface area contributed by atoms with Crippen molar-refractivity contribution < 1.29 is 12.8 Å². The van der Waals surface area contributed by atoms with Crippen LogP contribution in [0.2, 0.25) is 0 Å². The molecular formula is C20H19N5O3S2. The van der Waals surface area contributed by atoms with Crippen LogP contribution in [0.15, 0.2) is 58.3 Å². The molecule has 0 radical (unpaired) electrons. The van der Waals surface area contributed by atoms with Crippen molar-refractivity contribution in [2.24, 2.45) is 0 Å². The van der Waals surface area contributed by atoms with Crippen LogP contribution in [0.1, 0.15) is 5.56 Å². The molecule has 0 atom stereocenters. The van der Waals surface area contributed by atoms with E-state index in [-0.39, 0.29) is 6.01 Å². The lowest BCUT2D eigenvalue weighted by molar-refractivity contribution is 0.587. The van der Waals surface area contributed by atoms with Gasteiger partial charge in [-0.05, 0) is 24.1 Å². The van der Waals surface area contributed by atoms with Crippen LogP contribution in [-0.2, 0) is 16.4 Å². The molecular weight excluding hydrogens is 422 g/mol. The summed E-state index contributed by atoms with van der Waals surface area (Å²) in [5.74, 6) is 0.368. The van der Waals surface area contributed by atoms with Gasteiger partial charge in [-0.15, -0.1) is 16.4 Å². The van der Waals surface area contributed by atoms with Gasteiger partial charge in [0.2, 0.25) is 15.9 Å². The van der Waals surface area contributed by atoms with E-state index >= 15 is 0 Å². The Morgan fingerprint density at radius 3 is 2.53 bits per heavy atom. The molecule has 0 aliphatic rings. The van der Waals surface area contributed by atoms with E-state index in [0.29, 0.717) is 18.9 Å². The number of nitrogen functional groups attached to an aromatic ring is 1. The number of nitrogens with one attached hydrogen (secondary N) is 1. The molecule has 10 heteroatoms. The summed E-state index contributed by atoms with van der Waals surface area (Å²) >= 11 is 1.55. The number of aromatic nitrogens is 3. The Bertz CT molecular complexity index is 1260. The van der Waals surface area contributed by atoms with Crippen LogP contribution >= 0.6 is 11.3 Å². The lowest BCUT2D eigenvalue weighted by Gasteiger charge is -2.04. The number of sulfonamides is 1. The van der Waals surface area contributed by atoms with E-state index in [9.17, 15) is 8.42 Å². The number of anilines is 1. The van der Waals surface area contributed by atoms with Gasteiger partial charge in [0.05, 0.1) is 11.9 Å². The maximum absolute atomic E-state index is 11.1. The highest BCUT2D eigenvalue weighted by Gasteiger charge is 2.11. The normalized spacial score (nSPS) is 11.6. The average molecular weight is 442 g/mol. The molecule has 0 saturated carbocycles. The van der Waals surface area contributed by atoms with Crippen molar-refractivity contribution in [2.45, 2.75) is 6.42 Å². The third-order valence-corrected chi connectivity index (χ3v) is 5.95. The maximum atomic E-state index is 11.1. The molecule has 8 nitrogen and oxygen atoms in total. The quantitative estimate of drug-likeness (QED) is 0.451. The van der Waals surface area contributed by atoms with Crippen LogP contribution in [0.5, 0.6) is 0 Å². The number of rotatable bonds is 7. The summed E-state index contributed by atoms with van der Waals surface area (Å²) in [7, 11) is -3.17. The summed E-state index contributed by atoms with van der Waals surface area (Å²) in [6.07, 6.45) is 1.78. The average Bonchev–Trinajstić information content (AvgIpc) is 3.37. The zero-order valence-corrected chi connectivity index (χ0v) is 17.7. The molecule has 0 aliphatic heterocycles. The second kappa shape index (κ2) is 8.34. The summed E-state index contributed by atoms with van der Waals surface area (Å²) in [5.41, 5.74) is 10.2. The van der Waals surface area contributed by atoms with Crippen molar-refractivity contribution in [2.75, 3.05) is 18.5 Å². The highest BCUT2D eigenvalue weighted by Crippen LogP contribution is 2.31. The summed E-state index contributed by atoms with van der Waals surface area (Å²) in [4.78, 5) is 4.75. The van der Waals surface area contributed by atoms with Crippen LogP contribution in [0, 0.1) is 0 Å². The number of hydrogen-bond donors (Lipinski definition) is 2. The van der Waals surface area contributed by atoms with Gasteiger partial charge in [-0.3, -0.25) is 0 Å². The molecule has 2 aromatic carbocycles. The molecule has 0 spiro atoms. The Labute approximate surface area is 177 Å². The van der Waals surface area contributed by atoms with Crippen molar-refractivity contribution in [3.63, 3.8) is 0 Å². The zero-order chi connectivity index (χ0) is 21.1. The fourth-order valence-corrected chi connectivity index (χ4v) is 4.20. The highest BCUT2D eigenvalue weighted by molar-refractivity contribution is 7.88. The summed E-state index contributed by atoms with van der Waals surface area (Å²) in [6.45, 7) is 0.376. The molecule has 0 fully saturated rings. The fourth-order valence-electron chi connectivity index (χ4n) is 2.90. The Morgan fingerprint density at radius 1 is 1.07 bits per heavy atom. The van der Waals surface area contributed by atoms with E-state index in [1.807, 2.05) is 53.9 Å². The Morgan fingerprint density at radius 2 is 1.83 bits per heavy atom. The van der Waals surface area contributed by atoms with E-state index < -0.39 is 10.0 Å². The van der Waals surface area contributed by atoms with Gasteiger partial charge >= 0.3 is 6.01 Å². The monoisotopic (exact) mass is 441 g/mol. The van der Waals surface area contributed by atoms with Gasteiger partial charge in [0.1, 0.15) is 5.01 Å². The molecule has 154 valence electrons. The van der Waals surface area contributed by atoms with Crippen molar-refractivity contribution in [3.05, 3.63) is 59.5 Å². The highest BCUT2D eigenvalue weighted by atomic mass is 32.2. The van der Waals surface area contributed by atoms with E-state index in [2.05, 4.69) is 14.9 Å². The molecule has 3 N–H and O–H groups in total. The van der Waals surface area contributed by atoms with Crippen molar-refractivity contribution >= 4 is 27.4 Å². The van der Waals surface area contributed by atoms with Gasteiger partial charge in [-0.1, -0.05) is 41.5 Å². The topological polar surface area (TPSA) is 124 Å². The van der Waals surface area contributed by atoms with Gasteiger partial charge < -0.3 is 10.2 Å². The van der Waals surface area contributed by atoms with Crippen molar-refractivity contribution in [1.82, 2.24) is 19.9 Å². The van der Waals surface area contributed by atoms with E-state index in [1.165, 1.54) is 0 Å². The van der Waals surface area contributed by atoms with Crippen LogP contribution in [0.25, 0.3) is 33.3 Å². The smallest absolute Gasteiger partial charge is 0.313 e. The number of nitrogens with zero attached hydrogens (tertiary/aromatic N) is 3. The van der Waals surface area contributed by atoms with E-state index in [1.54, 1.807) is 11.3 Å². The molecule has 2 heterocycles. The van der Waals surface area contributed by atoms with Crippen molar-refractivity contribution in [1.29, 1.82) is 0 Å². The SMILES string of the molecule is CS(=O)(=O)NCCc1ccc(-c2csc(-c3cccc(-c4nnc(N)o4)c3)n2)cc1. The van der Waals surface area contributed by atoms with Crippen molar-refractivity contribution in [3.8, 4) is 33.3 Å². The molecule has 4 aromatic rings. The summed E-state index contributed by atoms with van der Waals surface area (Å²) in [6, 6.07) is 15.7. The standard InChI is InChI=1S/C20H19N5O3S2/c1-30(26,27)22-10-9-13-5-7-14(8-6-13)17-12-29-19(23-17)16-4-2-3-15(11-16)18-24-25-20(21)28-18/h2-8,11-12,22H,9-10H2,1H3,(H2,21,25). The van der Waals surface area contributed by atoms with Crippen LogP contribution in [0.3, 0.4) is 0 Å². The molecule has 0 bridgehead atoms. The minimum absolute atomic E-state index is 0.0301. The van der Waals surface area contributed by atoms with Gasteiger partial charge in [-0.2, -0.15) is 0 Å². The van der Waals surface area contributed by atoms with Crippen LogP contribution < -0.4 is 10.5 Å². The lowest BCUT2D eigenvalue weighted by atomic mass is 10.1. The Balaban J connectivity index is 1.49. The maximum Gasteiger partial charge on any atom is 0.313 e. The van der Waals surface area contributed by atoms with Crippen LogP contribution in [0.4, 0.5) is 6.01 Å². The largest absolute Gasteiger partial charge is 0.404 e. The van der Waals surface area contributed by atoms with Crippen LogP contribution in [-0.4, -0.2) is 36.4 Å². The number of thiazole rings is 1. The number of nitrogens with two attached hydrogens (primary N) is 1.